The Morgan fingerprint density at radius 3 is 2.48 bits per heavy atom. The second-order valence-corrected chi connectivity index (χ2v) is 8.91. The second-order valence-electron chi connectivity index (χ2n) is 6.98. The van der Waals surface area contributed by atoms with Gasteiger partial charge in [-0.1, -0.05) is 86.5 Å². The molecule has 142 valence electrons. The molecule has 0 unspecified atom stereocenters. The molecule has 0 fully saturated rings. The Hall–Kier alpha value is -2.50. The summed E-state index contributed by atoms with van der Waals surface area (Å²) in [6, 6.07) is 23.0. The fourth-order valence-corrected chi connectivity index (χ4v) is 4.61. The lowest BCUT2D eigenvalue weighted by Crippen LogP contribution is -2.04. The van der Waals surface area contributed by atoms with Gasteiger partial charge in [0.2, 0.25) is 0 Å². The first-order valence-electron chi connectivity index (χ1n) is 9.47. The van der Waals surface area contributed by atoms with Gasteiger partial charge in [0.1, 0.15) is 0 Å². The molecule has 0 atom stereocenters. The summed E-state index contributed by atoms with van der Waals surface area (Å²) in [7, 11) is 0. The van der Waals surface area contributed by atoms with E-state index in [9.17, 15) is 0 Å². The highest BCUT2D eigenvalue weighted by molar-refractivity contribution is 9.11. The van der Waals surface area contributed by atoms with Crippen molar-refractivity contribution in [3.8, 4) is 17.1 Å². The maximum Gasteiger partial charge on any atom is 0.168 e. The van der Waals surface area contributed by atoms with Gasteiger partial charge in [0.15, 0.2) is 11.6 Å². The topological polar surface area (TPSA) is 30.7 Å². The lowest BCUT2D eigenvalue weighted by molar-refractivity contribution is 0.995. The molecular weight excluding hydrogens is 490 g/mol. The van der Waals surface area contributed by atoms with Gasteiger partial charge < -0.3 is 0 Å². The first-order chi connectivity index (χ1) is 14.2. The van der Waals surface area contributed by atoms with Gasteiger partial charge in [-0.3, -0.25) is 4.57 Å². The molecule has 0 saturated carbocycles. The van der Waals surface area contributed by atoms with E-state index in [0.717, 1.165) is 45.8 Å². The summed E-state index contributed by atoms with van der Waals surface area (Å²) >= 11 is 7.25. The highest BCUT2D eigenvalue weighted by Crippen LogP contribution is 2.34. The smallest absolute Gasteiger partial charge is 0.168 e. The van der Waals surface area contributed by atoms with E-state index in [1.807, 2.05) is 12.1 Å². The molecule has 3 nitrogen and oxygen atoms in total. The van der Waals surface area contributed by atoms with Crippen molar-refractivity contribution in [1.29, 1.82) is 0 Å². The van der Waals surface area contributed by atoms with E-state index in [4.69, 9.17) is 0 Å². The molecule has 0 N–H and O–H groups in total. The molecule has 4 aromatic rings. The van der Waals surface area contributed by atoms with Crippen molar-refractivity contribution in [2.24, 2.45) is 0 Å². The van der Waals surface area contributed by atoms with Gasteiger partial charge in [0.25, 0.3) is 0 Å². The van der Waals surface area contributed by atoms with Crippen LogP contribution in [-0.4, -0.2) is 14.8 Å². The van der Waals surface area contributed by atoms with Gasteiger partial charge >= 0.3 is 0 Å². The Kier molecular flexibility index (Phi) is 4.94. The van der Waals surface area contributed by atoms with Crippen LogP contribution in [0.1, 0.15) is 18.7 Å². The Morgan fingerprint density at radius 2 is 1.62 bits per heavy atom. The molecule has 0 amide bonds. The van der Waals surface area contributed by atoms with Crippen LogP contribution in [0.25, 0.3) is 33.4 Å². The van der Waals surface area contributed by atoms with Gasteiger partial charge in [-0.05, 0) is 47.0 Å². The minimum absolute atomic E-state index is 0.827. The number of nitrogens with zero attached hydrogens (tertiary/aromatic N) is 3. The van der Waals surface area contributed by atoms with Crippen LogP contribution >= 0.6 is 31.9 Å². The number of allylic oxidation sites excluding steroid dienone is 4. The van der Waals surface area contributed by atoms with E-state index in [1.165, 1.54) is 15.3 Å². The molecular formula is C24H17Br2N3. The SMILES string of the molecule is BrC1=CC(c2nnc(-c3cccc(Br)c3)n2-c2cccc3ccccc23)=CCC1. The lowest BCUT2D eigenvalue weighted by Gasteiger charge is -2.15. The highest BCUT2D eigenvalue weighted by Gasteiger charge is 2.20. The summed E-state index contributed by atoms with van der Waals surface area (Å²) in [6.07, 6.45) is 6.40. The molecule has 0 spiro atoms. The fraction of sp³-hybridized carbons (Fsp3) is 0.0833. The number of fused-ring (bicyclic) bond motifs is 1. The minimum Gasteiger partial charge on any atom is -0.274 e. The Morgan fingerprint density at radius 1 is 0.828 bits per heavy atom. The van der Waals surface area contributed by atoms with Crippen molar-refractivity contribution in [2.75, 3.05) is 0 Å². The summed E-state index contributed by atoms with van der Waals surface area (Å²) in [5, 5.41) is 11.6. The van der Waals surface area contributed by atoms with E-state index in [2.05, 4.69) is 113 Å². The molecule has 3 aromatic carbocycles. The third-order valence-corrected chi connectivity index (χ3v) is 6.19. The number of hydrogen-bond acceptors (Lipinski definition) is 2. The van der Waals surface area contributed by atoms with Crippen LogP contribution < -0.4 is 0 Å². The standard InChI is InChI=1S/C24H17Br2N3/c25-19-10-3-8-17(14-19)23-27-28-24(18-9-4-11-20(26)15-18)29(23)22-13-5-7-16-6-1-2-12-21(16)22/h1-3,5-10,12-15H,4,11H2. The monoisotopic (exact) mass is 505 g/mol. The van der Waals surface area contributed by atoms with Crippen molar-refractivity contribution in [1.82, 2.24) is 14.8 Å². The molecule has 1 heterocycles. The number of rotatable bonds is 3. The summed E-state index contributed by atoms with van der Waals surface area (Å²) < 4.78 is 4.38. The molecule has 0 radical (unpaired) electrons. The van der Waals surface area contributed by atoms with E-state index in [0.29, 0.717) is 0 Å². The van der Waals surface area contributed by atoms with E-state index >= 15 is 0 Å². The Bertz CT molecular complexity index is 1280. The Labute approximate surface area is 186 Å². The van der Waals surface area contributed by atoms with Crippen LogP contribution in [0.3, 0.4) is 0 Å². The first kappa shape index (κ1) is 18.5. The third kappa shape index (κ3) is 3.49. The zero-order valence-corrected chi connectivity index (χ0v) is 18.7. The minimum atomic E-state index is 0.827. The first-order valence-corrected chi connectivity index (χ1v) is 11.1. The zero-order valence-electron chi connectivity index (χ0n) is 15.5. The van der Waals surface area contributed by atoms with E-state index in [1.54, 1.807) is 0 Å². The largest absolute Gasteiger partial charge is 0.274 e. The van der Waals surface area contributed by atoms with Crippen molar-refractivity contribution in [2.45, 2.75) is 12.8 Å². The maximum absolute atomic E-state index is 4.63. The summed E-state index contributed by atoms with van der Waals surface area (Å²) in [5.74, 6) is 1.68. The van der Waals surface area contributed by atoms with Gasteiger partial charge in [0, 0.05) is 21.0 Å². The van der Waals surface area contributed by atoms with Crippen molar-refractivity contribution < 1.29 is 0 Å². The molecule has 1 aliphatic rings. The normalized spacial score (nSPS) is 14.0. The number of aromatic nitrogens is 3. The molecule has 29 heavy (non-hydrogen) atoms. The zero-order chi connectivity index (χ0) is 19.8. The lowest BCUT2D eigenvalue weighted by atomic mass is 10.0. The predicted octanol–water partition coefficient (Wildman–Crippen LogP) is 7.31. The summed E-state index contributed by atoms with van der Waals surface area (Å²) in [4.78, 5) is 0. The van der Waals surface area contributed by atoms with Gasteiger partial charge in [0.05, 0.1) is 5.69 Å². The van der Waals surface area contributed by atoms with Crippen molar-refractivity contribution in [3.63, 3.8) is 0 Å². The highest BCUT2D eigenvalue weighted by atomic mass is 79.9. The van der Waals surface area contributed by atoms with Gasteiger partial charge in [-0.25, -0.2) is 0 Å². The average Bonchev–Trinajstić information content (AvgIpc) is 3.18. The third-order valence-electron chi connectivity index (χ3n) is 5.07. The quantitative estimate of drug-likeness (QED) is 0.291. The molecule has 5 rings (SSSR count). The van der Waals surface area contributed by atoms with Gasteiger partial charge in [-0.15, -0.1) is 10.2 Å². The van der Waals surface area contributed by atoms with E-state index in [-0.39, 0.29) is 0 Å². The fourth-order valence-electron chi connectivity index (χ4n) is 3.74. The van der Waals surface area contributed by atoms with Gasteiger partial charge in [-0.2, -0.15) is 0 Å². The van der Waals surface area contributed by atoms with Crippen LogP contribution in [0.15, 0.2) is 87.8 Å². The molecule has 5 heteroatoms. The summed E-state index contributed by atoms with van der Waals surface area (Å²) in [6.45, 7) is 0. The van der Waals surface area contributed by atoms with Crippen LogP contribution in [0, 0.1) is 0 Å². The maximum atomic E-state index is 4.63. The summed E-state index contributed by atoms with van der Waals surface area (Å²) in [5.41, 5.74) is 3.18. The number of hydrogen-bond donors (Lipinski definition) is 0. The molecule has 0 bridgehead atoms. The van der Waals surface area contributed by atoms with E-state index < -0.39 is 0 Å². The Balaban J connectivity index is 1.82. The van der Waals surface area contributed by atoms with Crippen LogP contribution in [0.4, 0.5) is 0 Å². The number of benzene rings is 3. The average molecular weight is 507 g/mol. The second kappa shape index (κ2) is 7.73. The molecule has 0 saturated heterocycles. The predicted molar refractivity (Wildman–Crippen MR) is 126 cm³/mol. The molecule has 1 aromatic heterocycles. The van der Waals surface area contributed by atoms with Crippen LogP contribution in [0.2, 0.25) is 0 Å². The number of halogens is 2. The van der Waals surface area contributed by atoms with Crippen molar-refractivity contribution in [3.05, 3.63) is 93.7 Å². The van der Waals surface area contributed by atoms with Crippen LogP contribution in [-0.2, 0) is 0 Å². The van der Waals surface area contributed by atoms with Crippen molar-refractivity contribution >= 4 is 48.2 Å². The molecule has 1 aliphatic carbocycles. The molecule has 0 aliphatic heterocycles. The van der Waals surface area contributed by atoms with Crippen LogP contribution in [0.5, 0.6) is 0 Å².